The fourth-order valence-corrected chi connectivity index (χ4v) is 3.85. The fraction of sp³-hybridized carbons (Fsp3) is 0.750. The highest BCUT2D eigenvalue weighted by molar-refractivity contribution is 5.26. The van der Waals surface area contributed by atoms with Gasteiger partial charge in [0.2, 0.25) is 0 Å². The molecule has 1 aromatic rings. The monoisotopic (exact) mass is 376 g/mol. The minimum absolute atomic E-state index is 0.848. The van der Waals surface area contributed by atoms with Gasteiger partial charge in [-0.1, -0.05) is 64.7 Å². The van der Waals surface area contributed by atoms with Crippen molar-refractivity contribution in [3.8, 4) is 5.75 Å². The highest BCUT2D eigenvalue weighted by atomic mass is 16.5. The van der Waals surface area contributed by atoms with Gasteiger partial charge in [0, 0.05) is 5.56 Å². The topological polar surface area (TPSA) is 18.5 Å². The number of nitrogens with zero attached hydrogens (tertiary/aromatic N) is 1. The molecule has 1 aromatic carbocycles. The lowest BCUT2D eigenvalue weighted by atomic mass is 10.1. The van der Waals surface area contributed by atoms with Crippen LogP contribution in [0, 0.1) is 0 Å². The molecular formula is C24H42NO2+. The Morgan fingerprint density at radius 3 is 1.96 bits per heavy atom. The van der Waals surface area contributed by atoms with Gasteiger partial charge in [-0.2, -0.15) is 0 Å². The number of rotatable bonds is 14. The molecule has 1 aliphatic heterocycles. The van der Waals surface area contributed by atoms with Gasteiger partial charge in [-0.3, -0.25) is 0 Å². The summed E-state index contributed by atoms with van der Waals surface area (Å²) in [6.45, 7) is 8.20. The Balaban J connectivity index is 1.50. The third kappa shape index (κ3) is 9.62. The van der Waals surface area contributed by atoms with Gasteiger partial charge in [0.1, 0.15) is 25.4 Å². The quantitative estimate of drug-likeness (QED) is 0.294. The molecule has 0 atom stereocenters. The summed E-state index contributed by atoms with van der Waals surface area (Å²) < 4.78 is 12.5. The lowest BCUT2D eigenvalue weighted by molar-refractivity contribution is -0.929. The van der Waals surface area contributed by atoms with E-state index in [9.17, 15) is 0 Å². The van der Waals surface area contributed by atoms with Crippen LogP contribution < -0.4 is 4.74 Å². The summed E-state index contributed by atoms with van der Waals surface area (Å²) in [5.41, 5.74) is 1.39. The zero-order valence-corrected chi connectivity index (χ0v) is 17.9. The van der Waals surface area contributed by atoms with Crippen LogP contribution in [0.1, 0.15) is 76.7 Å². The molecule has 0 radical (unpaired) electrons. The van der Waals surface area contributed by atoms with Crippen molar-refractivity contribution in [2.75, 3.05) is 40.0 Å². The SMILES string of the molecule is CCCCCCCCCCCCOc1ccc(C[N+]2(C)CCOCC2)cc1. The molecule has 3 heteroatoms. The third-order valence-corrected chi connectivity index (χ3v) is 5.81. The summed E-state index contributed by atoms with van der Waals surface area (Å²) in [6.07, 6.45) is 13.7. The standard InChI is InChI=1S/C24H42NO2/c1-3-4-5-6-7-8-9-10-11-12-19-27-24-15-13-23(14-16-24)22-25(2)17-20-26-21-18-25/h13-16H,3-12,17-22H2,1-2H3/q+1. The van der Waals surface area contributed by atoms with Gasteiger partial charge < -0.3 is 14.0 Å². The van der Waals surface area contributed by atoms with Crippen molar-refractivity contribution < 1.29 is 14.0 Å². The summed E-state index contributed by atoms with van der Waals surface area (Å²) in [6, 6.07) is 8.73. The van der Waals surface area contributed by atoms with Crippen LogP contribution in [0.15, 0.2) is 24.3 Å². The molecule has 0 amide bonds. The highest BCUT2D eigenvalue weighted by Crippen LogP contribution is 2.18. The first-order valence-electron chi connectivity index (χ1n) is 11.3. The third-order valence-electron chi connectivity index (χ3n) is 5.81. The minimum atomic E-state index is 0.848. The Morgan fingerprint density at radius 2 is 1.37 bits per heavy atom. The van der Waals surface area contributed by atoms with Crippen LogP contribution in [0.25, 0.3) is 0 Å². The van der Waals surface area contributed by atoms with Crippen LogP contribution in [-0.2, 0) is 11.3 Å². The van der Waals surface area contributed by atoms with Crippen molar-refractivity contribution >= 4 is 0 Å². The summed E-state index contributed by atoms with van der Waals surface area (Å²) in [5.74, 6) is 1.01. The fourth-order valence-electron chi connectivity index (χ4n) is 3.85. The predicted octanol–water partition coefficient (Wildman–Crippen LogP) is 5.96. The summed E-state index contributed by atoms with van der Waals surface area (Å²) >= 11 is 0. The van der Waals surface area contributed by atoms with Crippen molar-refractivity contribution in [3.63, 3.8) is 0 Å². The Hall–Kier alpha value is -1.06. The average Bonchev–Trinajstić information content (AvgIpc) is 2.68. The van der Waals surface area contributed by atoms with Crippen molar-refractivity contribution in [3.05, 3.63) is 29.8 Å². The zero-order chi connectivity index (χ0) is 19.2. The van der Waals surface area contributed by atoms with E-state index in [1.807, 2.05) is 0 Å². The van der Waals surface area contributed by atoms with E-state index in [0.717, 1.165) is 49.7 Å². The zero-order valence-electron chi connectivity index (χ0n) is 17.9. The second-order valence-electron chi connectivity index (χ2n) is 8.51. The van der Waals surface area contributed by atoms with Crippen LogP contribution in [0.5, 0.6) is 5.75 Å². The van der Waals surface area contributed by atoms with Gasteiger partial charge >= 0.3 is 0 Å². The van der Waals surface area contributed by atoms with E-state index in [-0.39, 0.29) is 0 Å². The van der Waals surface area contributed by atoms with Crippen LogP contribution in [0.3, 0.4) is 0 Å². The van der Waals surface area contributed by atoms with E-state index >= 15 is 0 Å². The van der Waals surface area contributed by atoms with Gasteiger partial charge in [-0.25, -0.2) is 0 Å². The normalized spacial score (nSPS) is 16.4. The second-order valence-corrected chi connectivity index (χ2v) is 8.51. The van der Waals surface area contributed by atoms with Crippen LogP contribution >= 0.6 is 0 Å². The molecule has 0 unspecified atom stereocenters. The molecule has 1 fully saturated rings. The number of benzene rings is 1. The molecule has 27 heavy (non-hydrogen) atoms. The van der Waals surface area contributed by atoms with Crippen molar-refractivity contribution in [2.24, 2.45) is 0 Å². The molecule has 0 aliphatic carbocycles. The van der Waals surface area contributed by atoms with Gasteiger partial charge in [0.15, 0.2) is 0 Å². The van der Waals surface area contributed by atoms with E-state index in [1.165, 1.54) is 69.8 Å². The molecule has 3 nitrogen and oxygen atoms in total. The molecule has 1 heterocycles. The van der Waals surface area contributed by atoms with E-state index < -0.39 is 0 Å². The number of hydrogen-bond acceptors (Lipinski definition) is 2. The summed E-state index contributed by atoms with van der Waals surface area (Å²) in [4.78, 5) is 0. The second kappa shape index (κ2) is 13.2. The largest absolute Gasteiger partial charge is 0.494 e. The maximum absolute atomic E-state index is 5.92. The first-order chi connectivity index (χ1) is 13.2. The molecule has 0 aromatic heterocycles. The molecule has 0 saturated carbocycles. The number of ether oxygens (including phenoxy) is 2. The first-order valence-corrected chi connectivity index (χ1v) is 11.3. The predicted molar refractivity (Wildman–Crippen MR) is 114 cm³/mol. The van der Waals surface area contributed by atoms with Crippen LogP contribution in [0.2, 0.25) is 0 Å². The number of quaternary nitrogens is 1. The van der Waals surface area contributed by atoms with Gasteiger partial charge in [-0.05, 0) is 30.7 Å². The van der Waals surface area contributed by atoms with E-state index in [2.05, 4.69) is 38.2 Å². The lowest BCUT2D eigenvalue weighted by Crippen LogP contribution is -2.51. The minimum Gasteiger partial charge on any atom is -0.494 e. The van der Waals surface area contributed by atoms with E-state index in [1.54, 1.807) is 0 Å². The number of likely N-dealkylation sites (N-methyl/N-ethyl adjacent to an activating group) is 1. The van der Waals surface area contributed by atoms with E-state index in [4.69, 9.17) is 9.47 Å². The number of unbranched alkanes of at least 4 members (excludes halogenated alkanes) is 9. The smallest absolute Gasteiger partial charge is 0.119 e. The molecule has 1 aliphatic rings. The maximum Gasteiger partial charge on any atom is 0.119 e. The Morgan fingerprint density at radius 1 is 0.815 bits per heavy atom. The Bertz CT molecular complexity index is 480. The highest BCUT2D eigenvalue weighted by Gasteiger charge is 2.25. The van der Waals surface area contributed by atoms with E-state index in [0.29, 0.717) is 0 Å². The van der Waals surface area contributed by atoms with Crippen molar-refractivity contribution in [1.29, 1.82) is 0 Å². The van der Waals surface area contributed by atoms with Crippen LogP contribution in [-0.4, -0.2) is 44.4 Å². The average molecular weight is 377 g/mol. The molecule has 154 valence electrons. The summed E-state index contributed by atoms with van der Waals surface area (Å²) in [5, 5.41) is 0. The van der Waals surface area contributed by atoms with Gasteiger partial charge in [0.25, 0.3) is 0 Å². The molecule has 0 N–H and O–H groups in total. The van der Waals surface area contributed by atoms with Crippen molar-refractivity contribution in [2.45, 2.75) is 77.7 Å². The first kappa shape index (κ1) is 22.2. The molecular weight excluding hydrogens is 334 g/mol. The molecule has 0 spiro atoms. The number of hydrogen-bond donors (Lipinski definition) is 0. The molecule has 1 saturated heterocycles. The summed E-state index contributed by atoms with van der Waals surface area (Å²) in [7, 11) is 2.33. The maximum atomic E-state index is 5.92. The molecule has 0 bridgehead atoms. The van der Waals surface area contributed by atoms with Crippen molar-refractivity contribution in [1.82, 2.24) is 0 Å². The number of morpholine rings is 1. The Kier molecular flexibility index (Phi) is 10.8. The Labute approximate surface area is 167 Å². The van der Waals surface area contributed by atoms with Gasteiger partial charge in [0.05, 0.1) is 26.9 Å². The van der Waals surface area contributed by atoms with Crippen LogP contribution in [0.4, 0.5) is 0 Å². The van der Waals surface area contributed by atoms with Gasteiger partial charge in [-0.15, -0.1) is 0 Å². The lowest BCUT2D eigenvalue weighted by Gasteiger charge is -2.37. The molecule has 2 rings (SSSR count).